The van der Waals surface area contributed by atoms with Gasteiger partial charge in [0.15, 0.2) is 0 Å². The molecule has 4 rings (SSSR count). The number of carbonyl (C=O) groups excluding carboxylic acids is 1. The maximum Gasteiger partial charge on any atom is 0.259 e. The molecule has 0 aliphatic rings. The van der Waals surface area contributed by atoms with Gasteiger partial charge in [-0.1, -0.05) is 11.2 Å². The first-order valence-corrected chi connectivity index (χ1v) is 10.6. The Kier molecular flexibility index (Phi) is 6.24. The minimum absolute atomic E-state index is 0.250. The summed E-state index contributed by atoms with van der Waals surface area (Å²) in [4.78, 5) is 24.1. The van der Waals surface area contributed by atoms with Crippen LogP contribution in [-0.4, -0.2) is 41.4 Å². The van der Waals surface area contributed by atoms with Gasteiger partial charge in [0.1, 0.15) is 6.61 Å². The zero-order valence-corrected chi connectivity index (χ0v) is 18.3. The fourth-order valence-electron chi connectivity index (χ4n) is 3.15. The van der Waals surface area contributed by atoms with Gasteiger partial charge in [-0.05, 0) is 38.1 Å². The Morgan fingerprint density at radius 2 is 2.10 bits per heavy atom. The Balaban J connectivity index is 1.60. The number of ether oxygens (including phenoxy) is 2. The second kappa shape index (κ2) is 9.23. The lowest BCUT2D eigenvalue weighted by Crippen LogP contribution is -2.24. The van der Waals surface area contributed by atoms with Crippen LogP contribution >= 0.6 is 11.3 Å². The Hall–Kier alpha value is -3.30. The summed E-state index contributed by atoms with van der Waals surface area (Å²) in [6.07, 6.45) is 1.65. The molecule has 4 aromatic heterocycles. The van der Waals surface area contributed by atoms with Crippen molar-refractivity contribution in [1.82, 2.24) is 20.4 Å². The van der Waals surface area contributed by atoms with Crippen molar-refractivity contribution in [2.24, 2.45) is 0 Å². The standard InChI is InChI=1S/C22H22N4O4S/c1-13-6-7-18(31-13)17-11-16(19-14(2)26-30-22(19)25-17)20(27)24-12-15-5-4-8-23-21(15)29-10-9-28-3/h4-8,11H,9-10,12H2,1-3H3,(H,24,27). The third-order valence-corrected chi connectivity index (χ3v) is 5.69. The number of methoxy groups -OCH3 is 1. The van der Waals surface area contributed by atoms with Crippen molar-refractivity contribution in [3.8, 4) is 16.5 Å². The highest BCUT2D eigenvalue weighted by molar-refractivity contribution is 7.15. The molecule has 4 aromatic rings. The van der Waals surface area contributed by atoms with Gasteiger partial charge in [0, 0.05) is 30.3 Å². The summed E-state index contributed by atoms with van der Waals surface area (Å²) in [6, 6.07) is 9.45. The van der Waals surface area contributed by atoms with Crippen molar-refractivity contribution in [3.63, 3.8) is 0 Å². The number of carbonyl (C=O) groups is 1. The van der Waals surface area contributed by atoms with E-state index in [9.17, 15) is 4.79 Å². The number of hydrogen-bond acceptors (Lipinski definition) is 8. The Morgan fingerprint density at radius 1 is 1.23 bits per heavy atom. The quantitative estimate of drug-likeness (QED) is 0.416. The van der Waals surface area contributed by atoms with Gasteiger partial charge in [0.05, 0.1) is 33.8 Å². The molecule has 0 atom stereocenters. The molecule has 0 saturated carbocycles. The normalized spacial score (nSPS) is 11.1. The summed E-state index contributed by atoms with van der Waals surface area (Å²) in [5.41, 5.74) is 2.88. The predicted octanol–water partition coefficient (Wildman–Crippen LogP) is 3.92. The van der Waals surface area contributed by atoms with Gasteiger partial charge in [-0.15, -0.1) is 11.3 Å². The lowest BCUT2D eigenvalue weighted by atomic mass is 10.1. The number of nitrogens with one attached hydrogen (secondary N) is 1. The van der Waals surface area contributed by atoms with E-state index in [0.717, 1.165) is 15.3 Å². The van der Waals surface area contributed by atoms with Crippen LogP contribution in [0.4, 0.5) is 0 Å². The molecular formula is C22H22N4O4S. The summed E-state index contributed by atoms with van der Waals surface area (Å²) in [5.74, 6) is 0.218. The molecule has 1 amide bonds. The summed E-state index contributed by atoms with van der Waals surface area (Å²) in [5, 5.41) is 7.56. The first kappa shape index (κ1) is 21.0. The van der Waals surface area contributed by atoms with Crippen molar-refractivity contribution in [3.05, 3.63) is 58.2 Å². The zero-order chi connectivity index (χ0) is 21.8. The summed E-state index contributed by atoms with van der Waals surface area (Å²) in [6.45, 7) is 4.91. The SMILES string of the molecule is COCCOc1ncccc1CNC(=O)c1cc(-c2ccc(C)s2)nc2onc(C)c12. The Labute approximate surface area is 183 Å². The molecule has 0 saturated heterocycles. The lowest BCUT2D eigenvalue weighted by Gasteiger charge is -2.11. The zero-order valence-electron chi connectivity index (χ0n) is 17.5. The largest absolute Gasteiger partial charge is 0.475 e. The average molecular weight is 439 g/mol. The van der Waals surface area contributed by atoms with Crippen molar-refractivity contribution in [2.75, 3.05) is 20.3 Å². The lowest BCUT2D eigenvalue weighted by molar-refractivity contribution is 0.0951. The molecule has 0 fully saturated rings. The van der Waals surface area contributed by atoms with Crippen LogP contribution in [0, 0.1) is 13.8 Å². The highest BCUT2D eigenvalue weighted by atomic mass is 32.1. The highest BCUT2D eigenvalue weighted by Gasteiger charge is 2.20. The molecule has 0 spiro atoms. The van der Waals surface area contributed by atoms with E-state index in [1.54, 1.807) is 43.7 Å². The van der Waals surface area contributed by atoms with Crippen LogP contribution in [0.1, 0.15) is 26.5 Å². The van der Waals surface area contributed by atoms with Crippen molar-refractivity contribution >= 4 is 28.3 Å². The van der Waals surface area contributed by atoms with Crippen molar-refractivity contribution in [1.29, 1.82) is 0 Å². The second-order valence-electron chi connectivity index (χ2n) is 6.91. The van der Waals surface area contributed by atoms with Gasteiger partial charge in [0.2, 0.25) is 5.88 Å². The van der Waals surface area contributed by atoms with Crippen LogP contribution in [0.3, 0.4) is 0 Å². The van der Waals surface area contributed by atoms with Crippen LogP contribution in [0.15, 0.2) is 41.1 Å². The van der Waals surface area contributed by atoms with Crippen LogP contribution < -0.4 is 10.1 Å². The third kappa shape index (κ3) is 4.57. The van der Waals surface area contributed by atoms with Gasteiger partial charge < -0.3 is 19.3 Å². The summed E-state index contributed by atoms with van der Waals surface area (Å²) < 4.78 is 16.0. The van der Waals surface area contributed by atoms with Gasteiger partial charge in [-0.3, -0.25) is 4.79 Å². The fourth-order valence-corrected chi connectivity index (χ4v) is 3.98. The van der Waals surface area contributed by atoms with E-state index < -0.39 is 0 Å². The summed E-state index contributed by atoms with van der Waals surface area (Å²) in [7, 11) is 1.61. The summed E-state index contributed by atoms with van der Waals surface area (Å²) >= 11 is 1.61. The number of hydrogen-bond donors (Lipinski definition) is 1. The molecule has 0 aromatic carbocycles. The Bertz CT molecular complexity index is 1220. The molecule has 0 aliphatic heterocycles. The molecule has 9 heteroatoms. The van der Waals surface area contributed by atoms with Gasteiger partial charge in [-0.2, -0.15) is 0 Å². The number of amides is 1. The van der Waals surface area contributed by atoms with Gasteiger partial charge >= 0.3 is 0 Å². The first-order chi connectivity index (χ1) is 15.1. The van der Waals surface area contributed by atoms with Gasteiger partial charge in [-0.25, -0.2) is 9.97 Å². The molecular weight excluding hydrogens is 416 g/mol. The minimum Gasteiger partial charge on any atom is -0.475 e. The molecule has 8 nitrogen and oxygen atoms in total. The number of rotatable bonds is 8. The number of pyridine rings is 2. The van der Waals surface area contributed by atoms with Gasteiger partial charge in [0.25, 0.3) is 11.6 Å². The number of thiophene rings is 1. The maximum absolute atomic E-state index is 13.2. The number of nitrogens with zero attached hydrogens (tertiary/aromatic N) is 3. The number of aromatic nitrogens is 3. The molecule has 0 unspecified atom stereocenters. The molecule has 31 heavy (non-hydrogen) atoms. The van der Waals surface area contributed by atoms with Crippen LogP contribution in [0.2, 0.25) is 0 Å². The topological polar surface area (TPSA) is 99.4 Å². The van der Waals surface area contributed by atoms with E-state index >= 15 is 0 Å². The first-order valence-electron chi connectivity index (χ1n) is 9.74. The maximum atomic E-state index is 13.2. The molecule has 160 valence electrons. The van der Waals surface area contributed by atoms with E-state index in [0.29, 0.717) is 47.1 Å². The monoisotopic (exact) mass is 438 g/mol. The van der Waals surface area contributed by atoms with E-state index in [1.165, 1.54) is 0 Å². The highest BCUT2D eigenvalue weighted by Crippen LogP contribution is 2.31. The smallest absolute Gasteiger partial charge is 0.259 e. The predicted molar refractivity (Wildman–Crippen MR) is 117 cm³/mol. The van der Waals surface area contributed by atoms with Crippen molar-refractivity contribution < 1.29 is 18.8 Å². The fraction of sp³-hybridized carbons (Fsp3) is 0.273. The van der Waals surface area contributed by atoms with E-state index in [-0.39, 0.29) is 12.5 Å². The molecule has 0 aliphatic carbocycles. The average Bonchev–Trinajstić information content (AvgIpc) is 3.38. The number of aryl methyl sites for hydroxylation is 2. The molecule has 4 heterocycles. The third-order valence-electron chi connectivity index (χ3n) is 4.67. The van der Waals surface area contributed by atoms with Crippen LogP contribution in [0.25, 0.3) is 21.7 Å². The van der Waals surface area contributed by atoms with E-state index in [4.69, 9.17) is 14.0 Å². The molecule has 0 bridgehead atoms. The second-order valence-corrected chi connectivity index (χ2v) is 8.19. The minimum atomic E-state index is -0.250. The number of fused-ring (bicyclic) bond motifs is 1. The molecule has 1 N–H and O–H groups in total. The van der Waals surface area contributed by atoms with E-state index in [1.807, 2.05) is 25.1 Å². The molecule has 0 radical (unpaired) electrons. The Morgan fingerprint density at radius 3 is 2.87 bits per heavy atom. The van der Waals surface area contributed by atoms with E-state index in [2.05, 4.69) is 20.4 Å². The van der Waals surface area contributed by atoms with Crippen LogP contribution in [0.5, 0.6) is 5.88 Å². The van der Waals surface area contributed by atoms with Crippen molar-refractivity contribution in [2.45, 2.75) is 20.4 Å². The van der Waals surface area contributed by atoms with Crippen LogP contribution in [-0.2, 0) is 11.3 Å².